The molecule has 0 aromatic carbocycles. The van der Waals surface area contributed by atoms with Crippen molar-refractivity contribution in [2.45, 2.75) is 50.2 Å². The van der Waals surface area contributed by atoms with Crippen LogP contribution in [0.4, 0.5) is 0 Å². The molecule has 0 saturated carbocycles. The number of carboxylic acid groups (broad SMARTS) is 1. The predicted molar refractivity (Wildman–Crippen MR) is 117 cm³/mol. The standard InChI is InChI=1S/C19H37N7O8/c1-33-8-9-34-7-6-23-18(31)14(11-16(28)29)25-19(32)13(10-15(27)26-22)24-17(30)12(21)4-2-3-5-20/h12-14H,2-11,20-22H2,1H3,(H,23,31)(H,24,30)(H,25,32)(H,26,27)(H,28,29)/p-1. The van der Waals surface area contributed by atoms with Crippen LogP contribution in [0.1, 0.15) is 32.1 Å². The number of unbranched alkanes of at least 4 members (excludes halogenated alkanes) is 1. The quantitative estimate of drug-likeness (QED) is 0.0389. The average molecular weight is 491 g/mol. The van der Waals surface area contributed by atoms with E-state index in [9.17, 15) is 29.1 Å². The fourth-order valence-electron chi connectivity index (χ4n) is 2.63. The molecular weight excluding hydrogens is 454 g/mol. The highest BCUT2D eigenvalue weighted by Crippen LogP contribution is 2.02. The second-order valence-electron chi connectivity index (χ2n) is 7.26. The molecule has 0 aromatic heterocycles. The first-order valence-corrected chi connectivity index (χ1v) is 10.8. The van der Waals surface area contributed by atoms with Crippen LogP contribution in [0, 0.1) is 0 Å². The zero-order valence-corrected chi connectivity index (χ0v) is 19.3. The maximum absolute atomic E-state index is 12.7. The maximum atomic E-state index is 12.7. The van der Waals surface area contributed by atoms with E-state index in [2.05, 4.69) is 16.0 Å². The zero-order chi connectivity index (χ0) is 25.9. The van der Waals surface area contributed by atoms with Gasteiger partial charge in [-0.05, 0) is 19.4 Å². The first kappa shape index (κ1) is 31.1. The number of aliphatic carboxylic acids is 1. The summed E-state index contributed by atoms with van der Waals surface area (Å²) in [7, 11) is 1.50. The van der Waals surface area contributed by atoms with Gasteiger partial charge in [0.25, 0.3) is 0 Å². The molecule has 15 nitrogen and oxygen atoms in total. The number of nitrogens with two attached hydrogens (primary N) is 3. The van der Waals surface area contributed by atoms with E-state index in [1.165, 1.54) is 7.11 Å². The van der Waals surface area contributed by atoms with Gasteiger partial charge >= 0.3 is 0 Å². The molecule has 0 bridgehead atoms. The summed E-state index contributed by atoms with van der Waals surface area (Å²) in [5, 5.41) is 18.0. The third-order valence-electron chi connectivity index (χ3n) is 4.47. The van der Waals surface area contributed by atoms with Crippen molar-refractivity contribution < 1.29 is 38.6 Å². The second kappa shape index (κ2) is 18.6. The van der Waals surface area contributed by atoms with E-state index in [0.29, 0.717) is 39.0 Å². The van der Waals surface area contributed by atoms with Crippen LogP contribution in [0.5, 0.6) is 0 Å². The molecule has 4 amide bonds. The zero-order valence-electron chi connectivity index (χ0n) is 19.3. The lowest BCUT2D eigenvalue weighted by molar-refractivity contribution is -0.306. The molecular formula is C19H36N7O8-. The minimum Gasteiger partial charge on any atom is -0.550 e. The van der Waals surface area contributed by atoms with Gasteiger partial charge in [0.1, 0.15) is 12.1 Å². The van der Waals surface area contributed by atoms with Gasteiger partial charge in [0.2, 0.25) is 23.6 Å². The van der Waals surface area contributed by atoms with Gasteiger partial charge in [0.15, 0.2) is 0 Å². The molecule has 10 N–H and O–H groups in total. The summed E-state index contributed by atoms with van der Waals surface area (Å²) >= 11 is 0. The van der Waals surface area contributed by atoms with Crippen molar-refractivity contribution in [1.29, 1.82) is 0 Å². The van der Waals surface area contributed by atoms with Gasteiger partial charge in [-0.15, -0.1) is 0 Å². The molecule has 0 rings (SSSR count). The first-order valence-electron chi connectivity index (χ1n) is 10.8. The number of methoxy groups -OCH3 is 1. The number of hydrogen-bond acceptors (Lipinski definition) is 11. The van der Waals surface area contributed by atoms with Crippen molar-refractivity contribution in [3.63, 3.8) is 0 Å². The Hall–Kier alpha value is -2.85. The van der Waals surface area contributed by atoms with Gasteiger partial charge in [-0.25, -0.2) is 5.84 Å². The number of carboxylic acids is 1. The van der Waals surface area contributed by atoms with Crippen molar-refractivity contribution in [2.75, 3.05) is 40.0 Å². The lowest BCUT2D eigenvalue weighted by Crippen LogP contribution is -2.57. The van der Waals surface area contributed by atoms with Gasteiger partial charge < -0.3 is 46.8 Å². The van der Waals surface area contributed by atoms with Crippen LogP contribution in [0.2, 0.25) is 0 Å². The minimum atomic E-state index is -1.60. The highest BCUT2D eigenvalue weighted by Gasteiger charge is 2.29. The topological polar surface area (TPSA) is 253 Å². The Balaban J connectivity index is 5.13. The Morgan fingerprint density at radius 1 is 0.912 bits per heavy atom. The van der Waals surface area contributed by atoms with E-state index in [-0.39, 0.29) is 13.2 Å². The lowest BCUT2D eigenvalue weighted by Gasteiger charge is -2.24. The van der Waals surface area contributed by atoms with Crippen LogP contribution in [-0.4, -0.2) is 87.7 Å². The van der Waals surface area contributed by atoms with Crippen molar-refractivity contribution in [2.24, 2.45) is 17.3 Å². The van der Waals surface area contributed by atoms with E-state index in [0.717, 1.165) is 0 Å². The van der Waals surface area contributed by atoms with Crippen molar-refractivity contribution in [3.05, 3.63) is 0 Å². The van der Waals surface area contributed by atoms with Gasteiger partial charge in [-0.3, -0.25) is 24.6 Å². The third kappa shape index (κ3) is 14.3. The smallest absolute Gasteiger partial charge is 0.243 e. The molecule has 0 heterocycles. The molecule has 0 aliphatic rings. The van der Waals surface area contributed by atoms with Crippen LogP contribution in [-0.2, 0) is 33.4 Å². The molecule has 0 saturated heterocycles. The molecule has 3 atom stereocenters. The number of hydrogen-bond donors (Lipinski definition) is 7. The number of carbonyl (C=O) groups excluding carboxylic acids is 5. The fraction of sp³-hybridized carbons (Fsp3) is 0.737. The number of carbonyl (C=O) groups is 5. The molecule has 0 aliphatic heterocycles. The summed E-state index contributed by atoms with van der Waals surface area (Å²) < 4.78 is 9.99. The highest BCUT2D eigenvalue weighted by molar-refractivity contribution is 5.96. The highest BCUT2D eigenvalue weighted by atomic mass is 16.5. The number of hydrazine groups is 1. The summed E-state index contributed by atoms with van der Waals surface area (Å²) in [6, 6.07) is -3.97. The fourth-order valence-corrected chi connectivity index (χ4v) is 2.63. The second-order valence-corrected chi connectivity index (χ2v) is 7.26. The molecule has 15 heteroatoms. The van der Waals surface area contributed by atoms with Gasteiger partial charge in [-0.1, -0.05) is 6.42 Å². The molecule has 196 valence electrons. The Morgan fingerprint density at radius 3 is 2.15 bits per heavy atom. The van der Waals surface area contributed by atoms with E-state index < -0.39 is 60.6 Å². The molecule has 0 spiro atoms. The lowest BCUT2D eigenvalue weighted by atomic mass is 10.1. The Kier molecular flexibility index (Phi) is 17.0. The maximum Gasteiger partial charge on any atom is 0.243 e. The van der Waals surface area contributed by atoms with Crippen LogP contribution >= 0.6 is 0 Å². The van der Waals surface area contributed by atoms with Crippen molar-refractivity contribution in [1.82, 2.24) is 21.4 Å². The normalized spacial score (nSPS) is 13.3. The SMILES string of the molecule is COCCOCCNC(=O)C(CC(=O)[O-])NC(=O)C(CC(=O)NN)NC(=O)C(N)CCCCN. The van der Waals surface area contributed by atoms with Crippen molar-refractivity contribution in [3.8, 4) is 0 Å². The molecule has 0 fully saturated rings. The minimum absolute atomic E-state index is 0.0371. The summed E-state index contributed by atoms with van der Waals surface area (Å²) in [6.07, 6.45) is 0.107. The largest absolute Gasteiger partial charge is 0.550 e. The molecule has 34 heavy (non-hydrogen) atoms. The summed E-state index contributed by atoms with van der Waals surface area (Å²) in [5.41, 5.74) is 13.0. The average Bonchev–Trinajstić information content (AvgIpc) is 2.79. The summed E-state index contributed by atoms with van der Waals surface area (Å²) in [6.45, 7) is 1.24. The van der Waals surface area contributed by atoms with Crippen molar-refractivity contribution >= 4 is 29.6 Å². The van der Waals surface area contributed by atoms with Crippen LogP contribution in [0.15, 0.2) is 0 Å². The Morgan fingerprint density at radius 2 is 1.56 bits per heavy atom. The molecule has 0 aromatic rings. The van der Waals surface area contributed by atoms with Crippen LogP contribution in [0.25, 0.3) is 0 Å². The number of amides is 4. The van der Waals surface area contributed by atoms with E-state index in [1.54, 1.807) is 0 Å². The first-order chi connectivity index (χ1) is 16.2. The predicted octanol–water partition coefficient (Wildman–Crippen LogP) is -5.29. The van der Waals surface area contributed by atoms with Gasteiger partial charge in [0, 0.05) is 26.0 Å². The summed E-state index contributed by atoms with van der Waals surface area (Å²) in [4.78, 5) is 60.2. The van der Waals surface area contributed by atoms with E-state index in [1.807, 2.05) is 5.43 Å². The van der Waals surface area contributed by atoms with Crippen LogP contribution < -0.4 is 43.8 Å². The summed E-state index contributed by atoms with van der Waals surface area (Å²) in [5.74, 6) is 0.157. The number of ether oxygens (including phenoxy) is 2. The molecule has 3 unspecified atom stereocenters. The number of nitrogens with one attached hydrogen (secondary N) is 4. The monoisotopic (exact) mass is 490 g/mol. The van der Waals surface area contributed by atoms with Gasteiger partial charge in [0.05, 0.1) is 32.3 Å². The van der Waals surface area contributed by atoms with Gasteiger partial charge in [-0.2, -0.15) is 0 Å². The third-order valence-corrected chi connectivity index (χ3v) is 4.47. The molecule has 0 aliphatic carbocycles. The van der Waals surface area contributed by atoms with E-state index >= 15 is 0 Å². The number of rotatable bonds is 19. The van der Waals surface area contributed by atoms with E-state index in [4.69, 9.17) is 26.8 Å². The Labute approximate surface area is 197 Å². The Bertz CT molecular complexity index is 665. The molecule has 0 radical (unpaired) electrons. The van der Waals surface area contributed by atoms with Crippen LogP contribution in [0.3, 0.4) is 0 Å².